The van der Waals surface area contributed by atoms with Gasteiger partial charge >= 0.3 is 5.97 Å². The van der Waals surface area contributed by atoms with Crippen LogP contribution in [0, 0.1) is 6.92 Å². The number of hydrogen-bond acceptors (Lipinski definition) is 3. The van der Waals surface area contributed by atoms with E-state index in [4.69, 9.17) is 10.2 Å². The highest BCUT2D eigenvalue weighted by Gasteiger charge is 2.23. The maximum Gasteiger partial charge on any atom is 0.305 e. The van der Waals surface area contributed by atoms with Crippen LogP contribution in [-0.2, 0) is 43.4 Å². The molecule has 3 rings (SSSR count). The van der Waals surface area contributed by atoms with Crippen LogP contribution >= 0.6 is 0 Å². The van der Waals surface area contributed by atoms with Gasteiger partial charge in [-0.05, 0) is 61.3 Å². The van der Waals surface area contributed by atoms with Crippen molar-refractivity contribution in [2.75, 3.05) is 0 Å². The SMILES string of the molecule is CCc1nn(CCC(=O)O)c(CC)c1Cc1cc(C)c(O)c2c1CCC2. The van der Waals surface area contributed by atoms with E-state index >= 15 is 0 Å². The summed E-state index contributed by atoms with van der Waals surface area (Å²) in [6.07, 6.45) is 5.64. The van der Waals surface area contributed by atoms with Gasteiger partial charge in [-0.15, -0.1) is 0 Å². The van der Waals surface area contributed by atoms with Crippen molar-refractivity contribution in [3.05, 3.63) is 45.3 Å². The lowest BCUT2D eigenvalue weighted by Crippen LogP contribution is -2.09. The normalized spacial score (nSPS) is 13.2. The van der Waals surface area contributed by atoms with Gasteiger partial charge in [0.15, 0.2) is 0 Å². The number of aromatic nitrogens is 2. The Labute approximate surface area is 154 Å². The Hall–Kier alpha value is -2.30. The van der Waals surface area contributed by atoms with Gasteiger partial charge in [0.2, 0.25) is 0 Å². The number of hydrogen-bond donors (Lipinski definition) is 2. The number of aryl methyl sites for hydroxylation is 3. The van der Waals surface area contributed by atoms with Crippen molar-refractivity contribution in [1.82, 2.24) is 9.78 Å². The molecular weight excluding hydrogens is 328 g/mol. The van der Waals surface area contributed by atoms with Crippen LogP contribution in [-0.4, -0.2) is 26.0 Å². The molecule has 0 atom stereocenters. The quantitative estimate of drug-likeness (QED) is 0.795. The average molecular weight is 356 g/mol. The second-order valence-corrected chi connectivity index (χ2v) is 7.13. The van der Waals surface area contributed by atoms with Crippen LogP contribution in [0.1, 0.15) is 65.9 Å². The number of nitrogens with zero attached hydrogens (tertiary/aromatic N) is 2. The Morgan fingerprint density at radius 3 is 2.62 bits per heavy atom. The molecule has 5 nitrogen and oxygen atoms in total. The summed E-state index contributed by atoms with van der Waals surface area (Å²) in [4.78, 5) is 11.0. The molecular formula is C21H28N2O3. The average Bonchev–Trinajstić information content (AvgIpc) is 3.22. The summed E-state index contributed by atoms with van der Waals surface area (Å²) in [5.74, 6) is -0.334. The minimum Gasteiger partial charge on any atom is -0.507 e. The van der Waals surface area contributed by atoms with E-state index in [1.54, 1.807) is 0 Å². The summed E-state index contributed by atoms with van der Waals surface area (Å²) in [7, 11) is 0. The Balaban J connectivity index is 2.01. The molecule has 0 fully saturated rings. The van der Waals surface area contributed by atoms with Crippen molar-refractivity contribution in [3.63, 3.8) is 0 Å². The van der Waals surface area contributed by atoms with Crippen LogP contribution in [0.2, 0.25) is 0 Å². The van der Waals surface area contributed by atoms with Crippen molar-refractivity contribution >= 4 is 5.97 Å². The monoisotopic (exact) mass is 356 g/mol. The van der Waals surface area contributed by atoms with Gasteiger partial charge in [-0.3, -0.25) is 9.48 Å². The topological polar surface area (TPSA) is 75.4 Å². The molecule has 1 aromatic carbocycles. The molecule has 26 heavy (non-hydrogen) atoms. The third-order valence-corrected chi connectivity index (χ3v) is 5.48. The molecule has 1 aliphatic carbocycles. The number of rotatable bonds is 7. The fourth-order valence-corrected chi connectivity index (χ4v) is 4.22. The van der Waals surface area contributed by atoms with Crippen molar-refractivity contribution in [3.8, 4) is 5.75 Å². The molecule has 0 aliphatic heterocycles. The molecule has 1 heterocycles. The molecule has 0 saturated carbocycles. The summed E-state index contributed by atoms with van der Waals surface area (Å²) >= 11 is 0. The molecule has 0 radical (unpaired) electrons. The number of aromatic hydroxyl groups is 1. The van der Waals surface area contributed by atoms with Crippen LogP contribution in [0.25, 0.3) is 0 Å². The van der Waals surface area contributed by atoms with E-state index in [9.17, 15) is 9.90 Å². The van der Waals surface area contributed by atoms with E-state index in [-0.39, 0.29) is 6.42 Å². The molecule has 1 aromatic heterocycles. The Kier molecular flexibility index (Phi) is 5.35. The van der Waals surface area contributed by atoms with E-state index in [1.165, 1.54) is 16.7 Å². The summed E-state index contributed by atoms with van der Waals surface area (Å²) in [5, 5.41) is 24.1. The number of phenols is 1. The van der Waals surface area contributed by atoms with Crippen molar-refractivity contribution in [1.29, 1.82) is 0 Å². The summed E-state index contributed by atoms with van der Waals surface area (Å²) in [5.41, 5.74) is 8.08. The minimum absolute atomic E-state index is 0.0883. The number of carboxylic acid groups (broad SMARTS) is 1. The largest absolute Gasteiger partial charge is 0.507 e. The highest BCUT2D eigenvalue weighted by molar-refractivity contribution is 5.66. The molecule has 0 unspecified atom stereocenters. The van der Waals surface area contributed by atoms with Crippen LogP contribution in [0.5, 0.6) is 5.75 Å². The molecule has 0 bridgehead atoms. The van der Waals surface area contributed by atoms with E-state index < -0.39 is 5.97 Å². The fraction of sp³-hybridized carbons (Fsp3) is 0.524. The fourth-order valence-electron chi connectivity index (χ4n) is 4.22. The molecule has 0 spiro atoms. The first-order valence-corrected chi connectivity index (χ1v) is 9.58. The molecule has 0 amide bonds. The smallest absolute Gasteiger partial charge is 0.305 e. The highest BCUT2D eigenvalue weighted by Crippen LogP contribution is 2.36. The Morgan fingerprint density at radius 2 is 1.96 bits per heavy atom. The van der Waals surface area contributed by atoms with Gasteiger partial charge in [-0.2, -0.15) is 5.10 Å². The second-order valence-electron chi connectivity index (χ2n) is 7.13. The predicted molar refractivity (Wildman–Crippen MR) is 101 cm³/mol. The zero-order valence-corrected chi connectivity index (χ0v) is 15.9. The number of fused-ring (bicyclic) bond motifs is 1. The maximum atomic E-state index is 11.0. The molecule has 140 valence electrons. The lowest BCUT2D eigenvalue weighted by Gasteiger charge is -2.14. The van der Waals surface area contributed by atoms with Crippen molar-refractivity contribution < 1.29 is 15.0 Å². The number of phenolic OH excluding ortho intramolecular Hbond substituents is 1. The number of carboxylic acids is 1. The van der Waals surface area contributed by atoms with E-state index in [0.29, 0.717) is 12.3 Å². The third-order valence-electron chi connectivity index (χ3n) is 5.48. The molecule has 1 aliphatic rings. The minimum atomic E-state index is -0.797. The Morgan fingerprint density at radius 1 is 1.23 bits per heavy atom. The molecule has 2 aromatic rings. The van der Waals surface area contributed by atoms with Crippen LogP contribution < -0.4 is 0 Å². The van der Waals surface area contributed by atoms with Crippen molar-refractivity contribution in [2.45, 2.75) is 72.3 Å². The van der Waals surface area contributed by atoms with Crippen molar-refractivity contribution in [2.24, 2.45) is 0 Å². The number of benzene rings is 1. The van der Waals surface area contributed by atoms with Gasteiger partial charge in [0.1, 0.15) is 5.75 Å². The first-order chi connectivity index (χ1) is 12.5. The second kappa shape index (κ2) is 7.52. The zero-order chi connectivity index (χ0) is 18.8. The molecule has 0 saturated heterocycles. The zero-order valence-electron chi connectivity index (χ0n) is 15.9. The molecule has 5 heteroatoms. The van der Waals surface area contributed by atoms with Crippen LogP contribution in [0.3, 0.4) is 0 Å². The Bertz CT molecular complexity index is 837. The van der Waals surface area contributed by atoms with Gasteiger partial charge in [0, 0.05) is 17.7 Å². The van der Waals surface area contributed by atoms with Crippen LogP contribution in [0.15, 0.2) is 6.07 Å². The van der Waals surface area contributed by atoms with Gasteiger partial charge in [-0.1, -0.05) is 19.9 Å². The van der Waals surface area contributed by atoms with Gasteiger partial charge in [-0.25, -0.2) is 0 Å². The van der Waals surface area contributed by atoms with E-state index in [2.05, 4.69) is 19.9 Å². The summed E-state index contributed by atoms with van der Waals surface area (Å²) in [6, 6.07) is 2.12. The lowest BCUT2D eigenvalue weighted by atomic mass is 9.92. The van der Waals surface area contributed by atoms with Gasteiger partial charge in [0.25, 0.3) is 0 Å². The first kappa shape index (κ1) is 18.5. The predicted octanol–water partition coefficient (Wildman–Crippen LogP) is 3.58. The summed E-state index contributed by atoms with van der Waals surface area (Å²) in [6.45, 7) is 6.58. The first-order valence-electron chi connectivity index (χ1n) is 9.58. The van der Waals surface area contributed by atoms with Crippen LogP contribution in [0.4, 0.5) is 0 Å². The van der Waals surface area contributed by atoms with E-state index in [1.807, 2.05) is 11.6 Å². The third kappa shape index (κ3) is 3.35. The lowest BCUT2D eigenvalue weighted by molar-refractivity contribution is -0.137. The molecule has 2 N–H and O–H groups in total. The van der Waals surface area contributed by atoms with Gasteiger partial charge in [0.05, 0.1) is 18.7 Å². The number of aliphatic carboxylic acids is 1. The maximum absolute atomic E-state index is 11.0. The standard InChI is InChI=1S/C21H28N2O3/c1-4-18-17(19(5-2)23(22-18)10-9-20(24)25)12-14-11-13(3)21(26)16-8-6-7-15(14)16/h11,26H,4-10,12H2,1-3H3,(H,24,25). The summed E-state index contributed by atoms with van der Waals surface area (Å²) < 4.78 is 1.88. The van der Waals surface area contributed by atoms with E-state index in [0.717, 1.165) is 61.0 Å². The highest BCUT2D eigenvalue weighted by atomic mass is 16.4. The number of carbonyl (C=O) groups is 1. The van der Waals surface area contributed by atoms with Gasteiger partial charge < -0.3 is 10.2 Å².